The van der Waals surface area contributed by atoms with Crippen molar-refractivity contribution >= 4 is 40.1 Å². The molecule has 24 heavy (non-hydrogen) atoms. The zero-order valence-electron chi connectivity index (χ0n) is 12.7. The molecule has 2 rings (SSSR count). The smallest absolute Gasteiger partial charge is 0.362 e. The second kappa shape index (κ2) is 7.92. The molecule has 0 saturated heterocycles. The van der Waals surface area contributed by atoms with Crippen molar-refractivity contribution in [3.63, 3.8) is 0 Å². The van der Waals surface area contributed by atoms with Gasteiger partial charge in [-0.25, -0.2) is 14.8 Å². The van der Waals surface area contributed by atoms with E-state index in [1.807, 2.05) is 0 Å². The predicted octanol–water partition coefficient (Wildman–Crippen LogP) is 2.33. The van der Waals surface area contributed by atoms with E-state index in [0.29, 0.717) is 10.7 Å². The predicted molar refractivity (Wildman–Crippen MR) is 88.0 cm³/mol. The first kappa shape index (κ1) is 17.2. The fourth-order valence-electron chi connectivity index (χ4n) is 1.66. The molecule has 0 aliphatic carbocycles. The number of carbonyl (C=O) groups is 1. The highest BCUT2D eigenvalue weighted by atomic mass is 32.1. The summed E-state index contributed by atoms with van der Waals surface area (Å²) in [5, 5.41) is 16.3. The molecule has 0 bridgehead atoms. The number of hydrogen-bond acceptors (Lipinski definition) is 9. The molecular weight excluding hydrogens is 336 g/mol. The van der Waals surface area contributed by atoms with Crippen LogP contribution in [0.5, 0.6) is 0 Å². The summed E-state index contributed by atoms with van der Waals surface area (Å²) in [5.41, 5.74) is 0.714. The van der Waals surface area contributed by atoms with Gasteiger partial charge in [0.15, 0.2) is 0 Å². The van der Waals surface area contributed by atoms with Crippen molar-refractivity contribution in [1.82, 2.24) is 4.98 Å². The number of non-ortho nitro benzene ring substituents is 1. The van der Waals surface area contributed by atoms with Crippen LogP contribution in [0.1, 0.15) is 11.3 Å². The molecule has 0 spiro atoms. The number of rotatable bonds is 6. The van der Waals surface area contributed by atoms with Gasteiger partial charge in [-0.3, -0.25) is 10.1 Å². The molecule has 0 amide bonds. The first-order chi connectivity index (χ1) is 11.5. The third kappa shape index (κ3) is 4.20. The maximum absolute atomic E-state index is 11.6. The first-order valence-corrected chi connectivity index (χ1v) is 7.37. The Balaban J connectivity index is 2.22. The number of esters is 1. The Labute approximate surface area is 140 Å². The fourth-order valence-corrected chi connectivity index (χ4v) is 2.30. The van der Waals surface area contributed by atoms with Gasteiger partial charge in [0, 0.05) is 23.7 Å². The lowest BCUT2D eigenvalue weighted by molar-refractivity contribution is -0.384. The number of nitrogens with zero attached hydrogens (tertiary/aromatic N) is 4. The van der Waals surface area contributed by atoms with Crippen LogP contribution >= 0.6 is 11.3 Å². The number of nitro groups is 1. The molecular formula is C14H12N4O5S. The van der Waals surface area contributed by atoms with Gasteiger partial charge in [0.1, 0.15) is 12.8 Å². The maximum Gasteiger partial charge on any atom is 0.362 e. The molecule has 0 N–H and O–H groups in total. The second-order valence-corrected chi connectivity index (χ2v) is 5.08. The topological polar surface area (TPSA) is 116 Å². The zero-order valence-corrected chi connectivity index (χ0v) is 13.5. The van der Waals surface area contributed by atoms with Crippen LogP contribution in [0.2, 0.25) is 0 Å². The summed E-state index contributed by atoms with van der Waals surface area (Å²) in [7, 11) is 2.53. The maximum atomic E-state index is 11.6. The lowest BCUT2D eigenvalue weighted by Crippen LogP contribution is -2.17. The summed E-state index contributed by atoms with van der Waals surface area (Å²) in [6.45, 7) is 0. The molecule has 0 radical (unpaired) electrons. The van der Waals surface area contributed by atoms with Crippen LogP contribution in [-0.2, 0) is 14.4 Å². The monoisotopic (exact) mass is 348 g/mol. The van der Waals surface area contributed by atoms with E-state index in [-0.39, 0.29) is 17.1 Å². The lowest BCUT2D eigenvalue weighted by Gasteiger charge is -1.99. The molecule has 0 fully saturated rings. The number of carbonyl (C=O) groups excluding carboxylic acids is 1. The summed E-state index contributed by atoms with van der Waals surface area (Å²) < 4.78 is 4.61. The molecule has 9 nitrogen and oxygen atoms in total. The molecule has 0 saturated carbocycles. The van der Waals surface area contributed by atoms with Crippen molar-refractivity contribution in [2.75, 3.05) is 14.2 Å². The highest BCUT2D eigenvalue weighted by Gasteiger charge is 2.19. The normalized spacial score (nSPS) is 11.5. The van der Waals surface area contributed by atoms with Gasteiger partial charge in [0.25, 0.3) is 5.69 Å². The summed E-state index contributed by atoms with van der Waals surface area (Å²) in [6, 6.07) is 6.03. The molecule has 1 aromatic heterocycles. The van der Waals surface area contributed by atoms with Gasteiger partial charge in [0.2, 0.25) is 10.8 Å². The molecule has 0 unspecified atom stereocenters. The number of oxime groups is 1. The minimum Gasteiger partial charge on any atom is -0.464 e. The van der Waals surface area contributed by atoms with Crippen molar-refractivity contribution in [3.05, 3.63) is 51.0 Å². The number of methoxy groups -OCH3 is 1. The lowest BCUT2D eigenvalue weighted by atomic mass is 10.2. The minimum absolute atomic E-state index is 0.0287. The third-order valence-electron chi connectivity index (χ3n) is 2.70. The summed E-state index contributed by atoms with van der Waals surface area (Å²) in [4.78, 5) is 34.8. The summed E-state index contributed by atoms with van der Waals surface area (Å²) >= 11 is 1.17. The van der Waals surface area contributed by atoms with Crippen LogP contribution < -0.4 is 0 Å². The van der Waals surface area contributed by atoms with Gasteiger partial charge < -0.3 is 9.57 Å². The SMILES string of the molecule is CO/N=C(\C(=O)OC)c1csc(/N=C/c2cccc([N+](=O)[O-])c2)n1. The van der Waals surface area contributed by atoms with Crippen molar-refractivity contribution in [2.45, 2.75) is 0 Å². The largest absolute Gasteiger partial charge is 0.464 e. The van der Waals surface area contributed by atoms with E-state index in [1.54, 1.807) is 17.5 Å². The summed E-state index contributed by atoms with van der Waals surface area (Å²) in [6.07, 6.45) is 1.45. The Hall–Kier alpha value is -3.14. The van der Waals surface area contributed by atoms with Gasteiger partial charge in [-0.2, -0.15) is 0 Å². The van der Waals surface area contributed by atoms with E-state index in [1.165, 1.54) is 43.9 Å². The van der Waals surface area contributed by atoms with Crippen LogP contribution in [-0.4, -0.2) is 42.0 Å². The highest BCUT2D eigenvalue weighted by Crippen LogP contribution is 2.20. The Bertz CT molecular complexity index is 815. The van der Waals surface area contributed by atoms with Gasteiger partial charge in [-0.15, -0.1) is 11.3 Å². The molecule has 10 heteroatoms. The van der Waals surface area contributed by atoms with Crippen molar-refractivity contribution < 1.29 is 19.3 Å². The number of aromatic nitrogens is 1. The number of nitro benzene ring substituents is 1. The number of aliphatic imine (C=N–C) groups is 1. The van der Waals surface area contributed by atoms with E-state index >= 15 is 0 Å². The quantitative estimate of drug-likeness (QED) is 0.342. The Morgan fingerprint density at radius 3 is 2.88 bits per heavy atom. The second-order valence-electron chi connectivity index (χ2n) is 4.24. The van der Waals surface area contributed by atoms with Gasteiger partial charge >= 0.3 is 5.97 Å². The summed E-state index contributed by atoms with van der Waals surface area (Å²) in [5.74, 6) is -0.684. The molecule has 2 aromatic rings. The Morgan fingerprint density at radius 2 is 2.21 bits per heavy atom. The third-order valence-corrected chi connectivity index (χ3v) is 3.45. The minimum atomic E-state index is -0.684. The van der Waals surface area contributed by atoms with Crippen molar-refractivity contribution in [3.8, 4) is 0 Å². The highest BCUT2D eigenvalue weighted by molar-refractivity contribution is 7.13. The Kier molecular flexibility index (Phi) is 5.68. The zero-order chi connectivity index (χ0) is 17.5. The number of benzene rings is 1. The fraction of sp³-hybridized carbons (Fsp3) is 0.143. The standard InChI is InChI=1S/C14H12N4O5S/c1-22-13(19)12(17-23-2)11-8-24-14(16-11)15-7-9-4-3-5-10(6-9)18(20)21/h3-8H,1-2H3/b15-7+,17-12-. The van der Waals surface area contributed by atoms with Crippen LogP contribution in [0.4, 0.5) is 10.8 Å². The molecule has 1 aromatic carbocycles. The van der Waals surface area contributed by atoms with Crippen LogP contribution in [0, 0.1) is 10.1 Å². The van der Waals surface area contributed by atoms with E-state index in [4.69, 9.17) is 0 Å². The van der Waals surface area contributed by atoms with Crippen molar-refractivity contribution in [2.24, 2.45) is 10.1 Å². The first-order valence-electron chi connectivity index (χ1n) is 6.49. The van der Waals surface area contributed by atoms with E-state index in [9.17, 15) is 14.9 Å². The molecule has 0 atom stereocenters. The van der Waals surface area contributed by atoms with Gasteiger partial charge in [-0.05, 0) is 5.56 Å². The Morgan fingerprint density at radius 1 is 1.42 bits per heavy atom. The average molecular weight is 348 g/mol. The number of ether oxygens (including phenoxy) is 1. The van der Waals surface area contributed by atoms with Crippen LogP contribution in [0.15, 0.2) is 39.8 Å². The molecule has 124 valence electrons. The van der Waals surface area contributed by atoms with Gasteiger partial charge in [0.05, 0.1) is 12.0 Å². The number of hydrogen-bond donors (Lipinski definition) is 0. The molecule has 0 aliphatic rings. The van der Waals surface area contributed by atoms with E-state index < -0.39 is 10.9 Å². The average Bonchev–Trinajstić information content (AvgIpc) is 3.06. The number of thiazole rings is 1. The van der Waals surface area contributed by atoms with Gasteiger partial charge in [-0.1, -0.05) is 17.3 Å². The molecule has 0 aliphatic heterocycles. The van der Waals surface area contributed by atoms with E-state index in [2.05, 4.69) is 24.7 Å². The van der Waals surface area contributed by atoms with Crippen LogP contribution in [0.3, 0.4) is 0 Å². The van der Waals surface area contributed by atoms with Crippen molar-refractivity contribution in [1.29, 1.82) is 0 Å². The van der Waals surface area contributed by atoms with Crippen LogP contribution in [0.25, 0.3) is 0 Å². The molecule has 1 heterocycles. The van der Waals surface area contributed by atoms with E-state index in [0.717, 1.165) is 0 Å².